The number of hydrogen-bond acceptors (Lipinski definition) is 4. The van der Waals surface area contributed by atoms with Crippen LogP contribution in [0.5, 0.6) is 0 Å². The molecule has 2 aliphatic rings. The van der Waals surface area contributed by atoms with Crippen molar-refractivity contribution >= 4 is 17.3 Å². The first-order valence-corrected chi connectivity index (χ1v) is 7.72. The highest BCUT2D eigenvalue weighted by molar-refractivity contribution is 6.33. The number of aromatic nitrogens is 2. The van der Waals surface area contributed by atoms with Crippen LogP contribution in [0.25, 0.3) is 0 Å². The third-order valence-corrected chi connectivity index (χ3v) is 4.58. The molecule has 1 saturated carbocycles. The van der Waals surface area contributed by atoms with E-state index in [2.05, 4.69) is 16.9 Å². The fourth-order valence-corrected chi connectivity index (χ4v) is 3.17. The monoisotopic (exact) mass is 296 g/mol. The number of halogens is 1. The average Bonchev–Trinajstić information content (AvgIpc) is 3.19. The summed E-state index contributed by atoms with van der Waals surface area (Å²) in [6.45, 7) is 3.59. The highest BCUT2D eigenvalue weighted by Gasteiger charge is 2.29. The van der Waals surface area contributed by atoms with Gasteiger partial charge in [0.15, 0.2) is 0 Å². The summed E-state index contributed by atoms with van der Waals surface area (Å²) < 4.78 is 1.57. The molecule has 1 aromatic rings. The highest BCUT2D eigenvalue weighted by atomic mass is 35.5. The zero-order chi connectivity index (χ0) is 14.3. The number of nitrogens with two attached hydrogens (primary N) is 1. The van der Waals surface area contributed by atoms with Gasteiger partial charge in [-0.1, -0.05) is 11.6 Å². The van der Waals surface area contributed by atoms with Gasteiger partial charge < -0.3 is 10.6 Å². The molecule has 20 heavy (non-hydrogen) atoms. The highest BCUT2D eigenvalue weighted by Crippen LogP contribution is 2.31. The summed E-state index contributed by atoms with van der Waals surface area (Å²) in [6.07, 6.45) is 5.77. The molecule has 2 unspecified atom stereocenters. The van der Waals surface area contributed by atoms with E-state index in [1.54, 1.807) is 10.9 Å². The fourth-order valence-electron chi connectivity index (χ4n) is 2.93. The Morgan fingerprint density at radius 2 is 2.20 bits per heavy atom. The van der Waals surface area contributed by atoms with Crippen LogP contribution in [0.4, 0.5) is 5.69 Å². The summed E-state index contributed by atoms with van der Waals surface area (Å²) in [7, 11) is 0. The van der Waals surface area contributed by atoms with Crippen LogP contribution in [-0.2, 0) is 6.54 Å². The van der Waals surface area contributed by atoms with E-state index < -0.39 is 0 Å². The smallest absolute Gasteiger partial charge is 0.291 e. The minimum Gasteiger partial charge on any atom is -0.363 e. The van der Waals surface area contributed by atoms with Crippen LogP contribution in [0, 0.1) is 5.92 Å². The standard InChI is InChI=1S/C14H21ClN4O/c1-9-6-11(16)4-5-18(9)13-12(15)7-17-19(14(13)20)8-10-2-3-10/h7,9-11H,2-6,8,16H2,1H3. The lowest BCUT2D eigenvalue weighted by Gasteiger charge is -2.38. The van der Waals surface area contributed by atoms with Crippen LogP contribution < -0.4 is 16.2 Å². The van der Waals surface area contributed by atoms with E-state index in [4.69, 9.17) is 17.3 Å². The predicted molar refractivity (Wildman–Crippen MR) is 80.2 cm³/mol. The SMILES string of the molecule is CC1CC(N)CCN1c1c(Cl)cnn(CC2CC2)c1=O. The molecular weight excluding hydrogens is 276 g/mol. The Labute approximate surface area is 123 Å². The van der Waals surface area contributed by atoms with E-state index in [-0.39, 0.29) is 17.6 Å². The topological polar surface area (TPSA) is 64.2 Å². The van der Waals surface area contributed by atoms with Gasteiger partial charge in [-0.05, 0) is 38.5 Å². The van der Waals surface area contributed by atoms with Crippen LogP contribution in [0.3, 0.4) is 0 Å². The maximum Gasteiger partial charge on any atom is 0.291 e. The molecule has 2 atom stereocenters. The van der Waals surface area contributed by atoms with Gasteiger partial charge in [-0.25, -0.2) is 4.68 Å². The molecule has 0 aromatic carbocycles. The van der Waals surface area contributed by atoms with Crippen molar-refractivity contribution in [3.63, 3.8) is 0 Å². The fraction of sp³-hybridized carbons (Fsp3) is 0.714. The Balaban J connectivity index is 1.92. The molecular formula is C14H21ClN4O. The van der Waals surface area contributed by atoms with Gasteiger partial charge in [-0.15, -0.1) is 0 Å². The van der Waals surface area contributed by atoms with Crippen molar-refractivity contribution < 1.29 is 0 Å². The molecule has 5 nitrogen and oxygen atoms in total. The van der Waals surface area contributed by atoms with Crippen molar-refractivity contribution in [3.05, 3.63) is 21.6 Å². The minimum absolute atomic E-state index is 0.0632. The third kappa shape index (κ3) is 2.69. The molecule has 1 aliphatic carbocycles. The molecule has 2 N–H and O–H groups in total. The molecule has 0 amide bonds. The molecule has 0 radical (unpaired) electrons. The maximum atomic E-state index is 12.6. The number of anilines is 1. The summed E-state index contributed by atoms with van der Waals surface area (Å²) >= 11 is 6.24. The third-order valence-electron chi connectivity index (χ3n) is 4.31. The lowest BCUT2D eigenvalue weighted by molar-refractivity contribution is 0.426. The first kappa shape index (κ1) is 13.9. The quantitative estimate of drug-likeness (QED) is 0.921. The van der Waals surface area contributed by atoms with Crippen LogP contribution in [0.2, 0.25) is 5.02 Å². The van der Waals surface area contributed by atoms with Crippen LogP contribution in [-0.4, -0.2) is 28.4 Å². The van der Waals surface area contributed by atoms with Gasteiger partial charge >= 0.3 is 0 Å². The molecule has 3 rings (SSSR count). The van der Waals surface area contributed by atoms with Crippen molar-refractivity contribution in [1.29, 1.82) is 0 Å². The largest absolute Gasteiger partial charge is 0.363 e. The molecule has 110 valence electrons. The van der Waals surface area contributed by atoms with Crippen molar-refractivity contribution in [2.24, 2.45) is 11.7 Å². The molecule has 1 aliphatic heterocycles. The lowest BCUT2D eigenvalue weighted by atomic mass is 9.99. The Hall–Kier alpha value is -1.07. The second-order valence-corrected chi connectivity index (χ2v) is 6.51. The predicted octanol–water partition coefficient (Wildman–Crippen LogP) is 1.62. The Bertz CT molecular complexity index is 555. The molecule has 0 spiro atoms. The molecule has 1 aromatic heterocycles. The summed E-state index contributed by atoms with van der Waals surface area (Å²) in [4.78, 5) is 14.7. The van der Waals surface area contributed by atoms with E-state index >= 15 is 0 Å². The van der Waals surface area contributed by atoms with E-state index in [0.717, 1.165) is 19.4 Å². The maximum absolute atomic E-state index is 12.6. The van der Waals surface area contributed by atoms with E-state index in [9.17, 15) is 4.79 Å². The van der Waals surface area contributed by atoms with Crippen LogP contribution >= 0.6 is 11.6 Å². The summed E-state index contributed by atoms with van der Waals surface area (Å²) in [5.41, 5.74) is 6.53. The summed E-state index contributed by atoms with van der Waals surface area (Å²) in [5, 5.41) is 4.62. The molecule has 6 heteroatoms. The van der Waals surface area contributed by atoms with Gasteiger partial charge in [0.2, 0.25) is 0 Å². The second kappa shape index (κ2) is 5.37. The number of hydrogen-bond donors (Lipinski definition) is 1. The van der Waals surface area contributed by atoms with Gasteiger partial charge in [0.25, 0.3) is 5.56 Å². The van der Waals surface area contributed by atoms with Crippen molar-refractivity contribution in [2.75, 3.05) is 11.4 Å². The van der Waals surface area contributed by atoms with Crippen molar-refractivity contribution in [1.82, 2.24) is 9.78 Å². The van der Waals surface area contributed by atoms with E-state index in [1.165, 1.54) is 12.8 Å². The van der Waals surface area contributed by atoms with E-state index in [0.29, 0.717) is 23.2 Å². The zero-order valence-electron chi connectivity index (χ0n) is 11.8. The normalized spacial score (nSPS) is 26.9. The number of nitrogens with zero attached hydrogens (tertiary/aromatic N) is 3. The van der Waals surface area contributed by atoms with Crippen molar-refractivity contribution in [2.45, 2.75) is 51.2 Å². The molecule has 2 fully saturated rings. The lowest BCUT2D eigenvalue weighted by Crippen LogP contribution is -2.48. The van der Waals surface area contributed by atoms with Gasteiger partial charge in [-0.2, -0.15) is 5.10 Å². The van der Waals surface area contributed by atoms with Crippen LogP contribution in [0.1, 0.15) is 32.6 Å². The Morgan fingerprint density at radius 3 is 2.85 bits per heavy atom. The molecule has 2 heterocycles. The molecule has 0 bridgehead atoms. The van der Waals surface area contributed by atoms with Crippen LogP contribution in [0.15, 0.2) is 11.0 Å². The first-order valence-electron chi connectivity index (χ1n) is 7.34. The Kier molecular flexibility index (Phi) is 3.73. The average molecular weight is 297 g/mol. The van der Waals surface area contributed by atoms with Gasteiger partial charge in [-0.3, -0.25) is 4.79 Å². The number of rotatable bonds is 3. The minimum atomic E-state index is -0.0632. The Morgan fingerprint density at radius 1 is 1.45 bits per heavy atom. The summed E-state index contributed by atoms with van der Waals surface area (Å²) in [5.74, 6) is 0.612. The van der Waals surface area contributed by atoms with Crippen molar-refractivity contribution in [3.8, 4) is 0 Å². The summed E-state index contributed by atoms with van der Waals surface area (Å²) in [6, 6.07) is 0.455. The van der Waals surface area contributed by atoms with E-state index in [1.807, 2.05) is 0 Å². The molecule has 1 saturated heterocycles. The first-order chi connectivity index (χ1) is 9.56. The van der Waals surface area contributed by atoms with Gasteiger partial charge in [0.05, 0.1) is 11.2 Å². The zero-order valence-corrected chi connectivity index (χ0v) is 12.5. The second-order valence-electron chi connectivity index (χ2n) is 6.10. The van der Waals surface area contributed by atoms with Gasteiger partial charge in [0, 0.05) is 25.2 Å². The number of piperidine rings is 1. The van der Waals surface area contributed by atoms with Gasteiger partial charge in [0.1, 0.15) is 5.69 Å².